The second kappa shape index (κ2) is 5.52. The summed E-state index contributed by atoms with van der Waals surface area (Å²) in [5.41, 5.74) is 3.65. The lowest BCUT2D eigenvalue weighted by molar-refractivity contribution is 0.476. The van der Waals surface area contributed by atoms with Crippen LogP contribution in [0.2, 0.25) is 0 Å². The molecule has 0 fully saturated rings. The average Bonchev–Trinajstić information content (AvgIpc) is 2.93. The van der Waals surface area contributed by atoms with Crippen molar-refractivity contribution in [1.82, 2.24) is 3.97 Å². The van der Waals surface area contributed by atoms with Crippen molar-refractivity contribution in [2.24, 2.45) is 0 Å². The summed E-state index contributed by atoms with van der Waals surface area (Å²) in [5.74, 6) is 0.304. The van der Waals surface area contributed by atoms with E-state index in [1.54, 1.807) is 21.3 Å². The molecule has 1 aromatic heterocycles. The van der Waals surface area contributed by atoms with Gasteiger partial charge in [-0.15, -0.1) is 0 Å². The maximum absolute atomic E-state index is 9.59. The van der Waals surface area contributed by atoms with E-state index in [1.165, 1.54) is 22.0 Å². The summed E-state index contributed by atoms with van der Waals surface area (Å²) in [6.07, 6.45) is 2.18. The highest BCUT2D eigenvalue weighted by Gasteiger charge is 2.10. The van der Waals surface area contributed by atoms with Gasteiger partial charge in [0.05, 0.1) is 5.52 Å². The Labute approximate surface area is 144 Å². The van der Waals surface area contributed by atoms with Crippen LogP contribution >= 0.6 is 30.3 Å². The van der Waals surface area contributed by atoms with E-state index in [-0.39, 0.29) is 0 Å². The van der Waals surface area contributed by atoms with Crippen LogP contribution in [0.4, 0.5) is 0 Å². The van der Waals surface area contributed by atoms with Gasteiger partial charge in [0.1, 0.15) is 5.75 Å². The summed E-state index contributed by atoms with van der Waals surface area (Å²) in [6.45, 7) is 0. The van der Waals surface area contributed by atoms with Crippen LogP contribution in [-0.4, -0.2) is 9.08 Å². The van der Waals surface area contributed by atoms with E-state index < -0.39 is 0 Å². The Morgan fingerprint density at radius 1 is 0.909 bits per heavy atom. The predicted molar refractivity (Wildman–Crippen MR) is 104 cm³/mol. The summed E-state index contributed by atoms with van der Waals surface area (Å²) in [7, 11) is 1.67. The van der Waals surface area contributed by atoms with Crippen molar-refractivity contribution in [3.63, 3.8) is 0 Å². The van der Waals surface area contributed by atoms with Gasteiger partial charge in [0.25, 0.3) is 0 Å². The fourth-order valence-electron chi connectivity index (χ4n) is 2.84. The number of halogens is 1. The first kappa shape index (κ1) is 14.0. The molecule has 3 aromatic carbocycles. The highest BCUT2D eigenvalue weighted by molar-refractivity contribution is 14.2. The Morgan fingerprint density at radius 3 is 2.55 bits per heavy atom. The van der Waals surface area contributed by atoms with Gasteiger partial charge in [0, 0.05) is 47.5 Å². The molecule has 0 saturated carbocycles. The molecule has 1 N–H and O–H groups in total. The van der Waals surface area contributed by atoms with Crippen LogP contribution < -0.4 is 0 Å². The monoisotopic (exact) mass is 417 g/mol. The molecule has 0 unspecified atom stereocenters. The lowest BCUT2D eigenvalue weighted by atomic mass is 10.0. The fourth-order valence-corrected chi connectivity index (χ4v) is 4.19. The Morgan fingerprint density at radius 2 is 1.68 bits per heavy atom. The molecular formula is C18H12INOS. The average molecular weight is 417 g/mol. The molecule has 2 nitrogen and oxygen atoms in total. The van der Waals surface area contributed by atoms with Crippen LogP contribution in [0.3, 0.4) is 0 Å². The third-order valence-corrected chi connectivity index (χ3v) is 5.61. The van der Waals surface area contributed by atoms with E-state index in [0.717, 1.165) is 10.8 Å². The van der Waals surface area contributed by atoms with Crippen molar-refractivity contribution in [3.8, 4) is 16.9 Å². The minimum atomic E-state index is 0.304. The number of benzene rings is 3. The van der Waals surface area contributed by atoms with Crippen LogP contribution in [0.5, 0.6) is 5.75 Å². The number of hydrogen-bond donors (Lipinski definition) is 1. The fraction of sp³-hybridized carbons (Fsp3) is 0. The maximum Gasteiger partial charge on any atom is 0.116 e. The topological polar surface area (TPSA) is 25.2 Å². The Bertz CT molecular complexity index is 993. The zero-order valence-electron chi connectivity index (χ0n) is 11.5. The number of nitrogens with zero attached hydrogens (tertiary/aromatic N) is 1. The molecule has 0 bridgehead atoms. The number of rotatable bonds is 2. The summed E-state index contributed by atoms with van der Waals surface area (Å²) < 4.78 is 2.19. The number of phenolic OH excluding ortho intramolecular Hbond substituents is 1. The molecular weight excluding hydrogens is 405 g/mol. The normalized spacial score (nSPS) is 11.3. The van der Waals surface area contributed by atoms with Gasteiger partial charge in [0.15, 0.2) is 0 Å². The number of hydrogen-bond acceptors (Lipinski definition) is 2. The van der Waals surface area contributed by atoms with Crippen molar-refractivity contribution >= 4 is 52.0 Å². The van der Waals surface area contributed by atoms with E-state index in [4.69, 9.17) is 0 Å². The van der Waals surface area contributed by atoms with Gasteiger partial charge < -0.3 is 5.11 Å². The van der Waals surface area contributed by atoms with E-state index in [0.29, 0.717) is 5.75 Å². The van der Waals surface area contributed by atoms with Gasteiger partial charge in [-0.3, -0.25) is 3.97 Å². The van der Waals surface area contributed by atoms with E-state index in [2.05, 4.69) is 73.8 Å². The van der Waals surface area contributed by atoms with E-state index in [9.17, 15) is 5.11 Å². The molecule has 22 heavy (non-hydrogen) atoms. The first-order chi connectivity index (χ1) is 10.8. The molecule has 0 aliphatic rings. The van der Waals surface area contributed by atoms with Crippen molar-refractivity contribution < 1.29 is 5.11 Å². The number of phenols is 1. The predicted octanol–water partition coefficient (Wildman–Crippen LogP) is 6.01. The number of para-hydroxylation sites is 1. The SMILES string of the molecule is Oc1ccc2cc(-c3cn(SI)c4ccccc34)ccc2c1. The third-order valence-electron chi connectivity index (χ3n) is 3.89. The summed E-state index contributed by atoms with van der Waals surface area (Å²) >= 11 is 2.30. The quantitative estimate of drug-likeness (QED) is 0.404. The van der Waals surface area contributed by atoms with Crippen LogP contribution in [0.1, 0.15) is 0 Å². The Balaban J connectivity index is 1.97. The van der Waals surface area contributed by atoms with Crippen LogP contribution in [0, 0.1) is 0 Å². The van der Waals surface area contributed by atoms with Crippen molar-refractivity contribution in [3.05, 3.63) is 66.9 Å². The summed E-state index contributed by atoms with van der Waals surface area (Å²) in [5, 5.41) is 13.0. The standard InChI is InChI=1S/C18H12INOS/c19-22-20-11-17(16-3-1-2-4-18(16)20)14-6-5-13-10-15(21)8-7-12(13)9-14/h1-11,21H. The van der Waals surface area contributed by atoms with Gasteiger partial charge in [-0.2, -0.15) is 0 Å². The van der Waals surface area contributed by atoms with E-state index in [1.807, 2.05) is 6.07 Å². The first-order valence-electron chi connectivity index (χ1n) is 6.88. The maximum atomic E-state index is 9.59. The minimum absolute atomic E-state index is 0.304. The lowest BCUT2D eigenvalue weighted by Gasteiger charge is -2.03. The van der Waals surface area contributed by atoms with Gasteiger partial charge in [-0.05, 0) is 40.6 Å². The summed E-state index contributed by atoms with van der Waals surface area (Å²) in [4.78, 5) is 0. The highest BCUT2D eigenvalue weighted by Crippen LogP contribution is 2.36. The molecule has 0 aliphatic heterocycles. The molecule has 0 radical (unpaired) electrons. The van der Waals surface area contributed by atoms with Gasteiger partial charge in [0.2, 0.25) is 0 Å². The largest absolute Gasteiger partial charge is 0.508 e. The lowest BCUT2D eigenvalue weighted by Crippen LogP contribution is -1.78. The highest BCUT2D eigenvalue weighted by atomic mass is 127. The molecule has 0 spiro atoms. The summed E-state index contributed by atoms with van der Waals surface area (Å²) in [6, 6.07) is 20.3. The molecule has 4 aromatic rings. The number of aromatic nitrogens is 1. The smallest absolute Gasteiger partial charge is 0.116 e. The zero-order valence-corrected chi connectivity index (χ0v) is 14.5. The number of aromatic hydroxyl groups is 1. The third kappa shape index (κ3) is 2.27. The molecule has 0 saturated heterocycles. The van der Waals surface area contributed by atoms with Gasteiger partial charge >= 0.3 is 0 Å². The number of fused-ring (bicyclic) bond motifs is 2. The zero-order chi connectivity index (χ0) is 15.1. The first-order valence-corrected chi connectivity index (χ1v) is 10.2. The second-order valence-corrected chi connectivity index (χ2v) is 6.91. The molecule has 1 heterocycles. The Hall–Kier alpha value is -1.66. The van der Waals surface area contributed by atoms with E-state index >= 15 is 0 Å². The molecule has 0 amide bonds. The van der Waals surface area contributed by atoms with Crippen molar-refractivity contribution in [2.45, 2.75) is 0 Å². The van der Waals surface area contributed by atoms with Crippen LogP contribution in [0.25, 0.3) is 32.8 Å². The molecule has 0 atom stereocenters. The van der Waals surface area contributed by atoms with Crippen LogP contribution in [-0.2, 0) is 0 Å². The Kier molecular flexibility index (Phi) is 3.50. The molecule has 0 aliphatic carbocycles. The van der Waals surface area contributed by atoms with Crippen LogP contribution in [0.15, 0.2) is 66.9 Å². The van der Waals surface area contributed by atoms with Gasteiger partial charge in [-0.1, -0.05) is 36.4 Å². The second-order valence-electron chi connectivity index (χ2n) is 5.20. The molecule has 4 rings (SSSR count). The van der Waals surface area contributed by atoms with Gasteiger partial charge in [-0.25, -0.2) is 0 Å². The molecule has 4 heteroatoms. The van der Waals surface area contributed by atoms with Crippen molar-refractivity contribution in [1.29, 1.82) is 0 Å². The molecule has 108 valence electrons. The minimum Gasteiger partial charge on any atom is -0.508 e. The van der Waals surface area contributed by atoms with Crippen molar-refractivity contribution in [2.75, 3.05) is 0 Å².